The van der Waals surface area contributed by atoms with E-state index in [0.29, 0.717) is 12.2 Å². The number of unbranched alkanes of at least 4 members (excludes halogenated alkanes) is 1. The Labute approximate surface area is 188 Å². The Morgan fingerprint density at radius 2 is 1.81 bits per heavy atom. The Morgan fingerprint density at radius 3 is 2.38 bits per heavy atom. The second-order valence-corrected chi connectivity index (χ2v) is 8.40. The summed E-state index contributed by atoms with van der Waals surface area (Å²) < 4.78 is 0. The van der Waals surface area contributed by atoms with Crippen LogP contribution >= 0.6 is 0 Å². The predicted molar refractivity (Wildman–Crippen MR) is 122 cm³/mol. The third-order valence-corrected chi connectivity index (χ3v) is 5.64. The number of H-pyrrole nitrogens is 1. The molecular formula is C24H31N5O3. The van der Waals surface area contributed by atoms with E-state index in [1.54, 1.807) is 0 Å². The number of carboxylic acids is 1. The summed E-state index contributed by atoms with van der Waals surface area (Å²) in [5.41, 5.74) is 3.91. The molecule has 1 aromatic heterocycles. The number of benzene rings is 1. The number of rotatable bonds is 10. The summed E-state index contributed by atoms with van der Waals surface area (Å²) in [6.45, 7) is 5.96. The minimum Gasteiger partial charge on any atom is -0.480 e. The highest BCUT2D eigenvalue weighted by Gasteiger charge is 2.32. The first-order valence-electron chi connectivity index (χ1n) is 11.2. The number of aromatic nitrogens is 4. The number of hydrogen-bond donors (Lipinski definition) is 2. The Kier molecular flexibility index (Phi) is 7.92. The first-order chi connectivity index (χ1) is 15.4. The SMILES string of the molecule is CCCCC(=O)N(Cc1ccc(C2=CCCC=C2c2nn[nH]n2)cc1)C(C(=O)O)C(C)C. The van der Waals surface area contributed by atoms with Crippen LogP contribution in [0.1, 0.15) is 69.8 Å². The second kappa shape index (κ2) is 10.8. The van der Waals surface area contributed by atoms with Crippen LogP contribution in [0.5, 0.6) is 0 Å². The number of aromatic amines is 1. The zero-order valence-electron chi connectivity index (χ0n) is 18.9. The molecule has 1 amide bonds. The van der Waals surface area contributed by atoms with Crippen molar-refractivity contribution in [2.24, 2.45) is 5.92 Å². The third kappa shape index (κ3) is 5.49. The Morgan fingerprint density at radius 1 is 1.12 bits per heavy atom. The number of carbonyl (C=O) groups is 2. The molecule has 1 unspecified atom stereocenters. The van der Waals surface area contributed by atoms with Gasteiger partial charge in [-0.1, -0.05) is 63.6 Å². The number of aliphatic carboxylic acids is 1. The number of hydrogen-bond acceptors (Lipinski definition) is 5. The average molecular weight is 438 g/mol. The molecule has 8 heteroatoms. The molecule has 0 bridgehead atoms. The van der Waals surface area contributed by atoms with Gasteiger partial charge in [-0.25, -0.2) is 4.79 Å². The fraction of sp³-hybridized carbons (Fsp3) is 0.458. The fourth-order valence-corrected chi connectivity index (χ4v) is 4.01. The van der Waals surface area contributed by atoms with Gasteiger partial charge in [-0.2, -0.15) is 5.21 Å². The van der Waals surface area contributed by atoms with Crippen molar-refractivity contribution in [3.05, 3.63) is 53.4 Å². The molecule has 2 N–H and O–H groups in total. The van der Waals surface area contributed by atoms with Crippen molar-refractivity contribution in [1.29, 1.82) is 0 Å². The smallest absolute Gasteiger partial charge is 0.326 e. The maximum atomic E-state index is 12.9. The van der Waals surface area contributed by atoms with Crippen molar-refractivity contribution in [3.8, 4) is 0 Å². The van der Waals surface area contributed by atoms with Crippen molar-refractivity contribution >= 4 is 23.0 Å². The molecule has 0 spiro atoms. The number of tetrazole rings is 1. The van der Waals surface area contributed by atoms with Gasteiger partial charge in [0.15, 0.2) is 0 Å². The average Bonchev–Trinajstić information content (AvgIpc) is 3.32. The highest BCUT2D eigenvalue weighted by atomic mass is 16.4. The molecule has 1 heterocycles. The van der Waals surface area contributed by atoms with Crippen LogP contribution in [0.2, 0.25) is 0 Å². The fourth-order valence-electron chi connectivity index (χ4n) is 4.01. The van der Waals surface area contributed by atoms with Gasteiger partial charge in [-0.3, -0.25) is 4.79 Å². The summed E-state index contributed by atoms with van der Waals surface area (Å²) in [7, 11) is 0. The van der Waals surface area contributed by atoms with E-state index in [1.807, 2.05) is 45.0 Å². The van der Waals surface area contributed by atoms with E-state index < -0.39 is 12.0 Å². The molecule has 0 radical (unpaired) electrons. The van der Waals surface area contributed by atoms with E-state index in [0.717, 1.165) is 48.0 Å². The monoisotopic (exact) mass is 437 g/mol. The molecule has 32 heavy (non-hydrogen) atoms. The van der Waals surface area contributed by atoms with Gasteiger partial charge < -0.3 is 10.0 Å². The summed E-state index contributed by atoms with van der Waals surface area (Å²) in [4.78, 5) is 26.3. The normalized spacial score (nSPS) is 14.6. The van der Waals surface area contributed by atoms with Gasteiger partial charge >= 0.3 is 5.97 Å². The van der Waals surface area contributed by atoms with Crippen LogP contribution in [0.3, 0.4) is 0 Å². The molecule has 0 saturated carbocycles. The lowest BCUT2D eigenvalue weighted by Gasteiger charge is -2.32. The van der Waals surface area contributed by atoms with Crippen molar-refractivity contribution in [1.82, 2.24) is 25.5 Å². The zero-order chi connectivity index (χ0) is 23.1. The van der Waals surface area contributed by atoms with E-state index in [2.05, 4.69) is 32.8 Å². The molecule has 1 atom stereocenters. The minimum atomic E-state index is -0.969. The first-order valence-corrected chi connectivity index (χ1v) is 11.2. The van der Waals surface area contributed by atoms with Crippen LogP contribution in [0.25, 0.3) is 11.1 Å². The summed E-state index contributed by atoms with van der Waals surface area (Å²) in [5, 5.41) is 24.2. The molecule has 1 aliphatic carbocycles. The number of amides is 1. The molecule has 8 nitrogen and oxygen atoms in total. The summed E-state index contributed by atoms with van der Waals surface area (Å²) in [6.07, 6.45) is 8.13. The summed E-state index contributed by atoms with van der Waals surface area (Å²) in [5.74, 6) is -0.709. The summed E-state index contributed by atoms with van der Waals surface area (Å²) in [6, 6.07) is 7.06. The van der Waals surface area contributed by atoms with Gasteiger partial charge in [-0.15, -0.1) is 10.2 Å². The molecule has 0 aliphatic heterocycles. The first kappa shape index (κ1) is 23.4. The Bertz CT molecular complexity index is 978. The third-order valence-electron chi connectivity index (χ3n) is 5.64. The molecule has 0 saturated heterocycles. The van der Waals surface area contributed by atoms with Gasteiger partial charge in [0.1, 0.15) is 6.04 Å². The van der Waals surface area contributed by atoms with Crippen molar-refractivity contribution in [2.75, 3.05) is 0 Å². The van der Waals surface area contributed by atoms with Crippen LogP contribution < -0.4 is 0 Å². The molecule has 0 fully saturated rings. The second-order valence-electron chi connectivity index (χ2n) is 8.40. The highest BCUT2D eigenvalue weighted by Crippen LogP contribution is 2.33. The van der Waals surface area contributed by atoms with E-state index in [9.17, 15) is 14.7 Å². The van der Waals surface area contributed by atoms with Crippen LogP contribution in [0.4, 0.5) is 0 Å². The van der Waals surface area contributed by atoms with Crippen LogP contribution in [-0.2, 0) is 16.1 Å². The zero-order valence-corrected chi connectivity index (χ0v) is 18.9. The maximum Gasteiger partial charge on any atom is 0.326 e. The molecule has 3 rings (SSSR count). The van der Waals surface area contributed by atoms with E-state index in [4.69, 9.17) is 0 Å². The van der Waals surface area contributed by atoms with Crippen molar-refractivity contribution in [3.63, 3.8) is 0 Å². The van der Waals surface area contributed by atoms with Gasteiger partial charge in [0, 0.05) is 18.5 Å². The molecular weight excluding hydrogens is 406 g/mol. The molecule has 1 aromatic carbocycles. The van der Waals surface area contributed by atoms with Crippen molar-refractivity contribution in [2.45, 2.75) is 65.5 Å². The number of nitrogens with one attached hydrogen (secondary N) is 1. The lowest BCUT2D eigenvalue weighted by atomic mass is 9.91. The van der Waals surface area contributed by atoms with Gasteiger partial charge in [0.2, 0.25) is 11.7 Å². The van der Waals surface area contributed by atoms with Gasteiger partial charge in [0.25, 0.3) is 0 Å². The molecule has 2 aromatic rings. The van der Waals surface area contributed by atoms with E-state index in [-0.39, 0.29) is 18.4 Å². The lowest BCUT2D eigenvalue weighted by molar-refractivity contribution is -0.153. The van der Waals surface area contributed by atoms with E-state index in [1.165, 1.54) is 4.90 Å². The highest BCUT2D eigenvalue weighted by molar-refractivity contribution is 6.03. The van der Waals surface area contributed by atoms with E-state index >= 15 is 0 Å². The van der Waals surface area contributed by atoms with Gasteiger partial charge in [-0.05, 0) is 47.1 Å². The molecule has 1 aliphatic rings. The van der Waals surface area contributed by atoms with Crippen molar-refractivity contribution < 1.29 is 14.7 Å². The number of carboxylic acid groups (broad SMARTS) is 1. The Balaban J connectivity index is 1.83. The Hall–Kier alpha value is -3.29. The minimum absolute atomic E-state index is 0.116. The number of allylic oxidation sites excluding steroid dienone is 4. The van der Waals surface area contributed by atoms with Crippen LogP contribution in [-0.4, -0.2) is 48.5 Å². The summed E-state index contributed by atoms with van der Waals surface area (Å²) >= 11 is 0. The topological polar surface area (TPSA) is 112 Å². The van der Waals surface area contributed by atoms with Gasteiger partial charge in [0.05, 0.1) is 0 Å². The quantitative estimate of drug-likeness (QED) is 0.579. The standard InChI is InChI=1S/C24H31N5O3/c1-4-5-10-21(30)29(22(16(2)3)24(31)32)15-17-11-13-18(14-12-17)19-8-6-7-9-20(19)23-25-27-28-26-23/h8-9,11-14,16,22H,4-7,10,15H2,1-3H3,(H,31,32)(H,25,26,27,28). The predicted octanol–water partition coefficient (Wildman–Crippen LogP) is 4.09. The maximum absolute atomic E-state index is 12.9. The van der Waals surface area contributed by atoms with Crippen LogP contribution in [0, 0.1) is 5.92 Å². The lowest BCUT2D eigenvalue weighted by Crippen LogP contribution is -2.47. The number of nitrogens with zero attached hydrogens (tertiary/aromatic N) is 4. The van der Waals surface area contributed by atoms with Crippen LogP contribution in [0.15, 0.2) is 36.4 Å². The molecule has 170 valence electrons. The number of carbonyl (C=O) groups excluding carboxylic acids is 1. The largest absolute Gasteiger partial charge is 0.480 e.